The van der Waals surface area contributed by atoms with Gasteiger partial charge in [-0.15, -0.1) is 11.3 Å². The van der Waals surface area contributed by atoms with Crippen molar-refractivity contribution in [2.24, 2.45) is 0 Å². The number of nitrogens with one attached hydrogen (secondary N) is 1. The number of aromatic nitrogens is 1. The van der Waals surface area contributed by atoms with E-state index in [-0.39, 0.29) is 24.3 Å². The number of amides is 2. The highest BCUT2D eigenvalue weighted by Crippen LogP contribution is 2.24. The quantitative estimate of drug-likeness (QED) is 0.884. The first-order valence-electron chi connectivity index (χ1n) is 7.44. The molecule has 0 aliphatic heterocycles. The molecule has 2 amide bonds. The molecular weight excluding hydrogens is 310 g/mol. The highest BCUT2D eigenvalue weighted by molar-refractivity contribution is 7.12. The van der Waals surface area contributed by atoms with E-state index in [1.54, 1.807) is 35.7 Å². The second-order valence-electron chi connectivity index (χ2n) is 5.50. The first-order chi connectivity index (χ1) is 11.0. The summed E-state index contributed by atoms with van der Waals surface area (Å²) in [6.45, 7) is 4.34. The van der Waals surface area contributed by atoms with Crippen LogP contribution in [0.25, 0.3) is 0 Å². The van der Waals surface area contributed by atoms with Crippen molar-refractivity contribution in [1.29, 1.82) is 0 Å². The van der Waals surface area contributed by atoms with Crippen molar-refractivity contribution in [1.82, 2.24) is 15.2 Å². The van der Waals surface area contributed by atoms with Gasteiger partial charge in [-0.3, -0.25) is 14.6 Å². The molecule has 1 atom stereocenters. The lowest BCUT2D eigenvalue weighted by molar-refractivity contribution is -0.132. The molecule has 0 unspecified atom stereocenters. The van der Waals surface area contributed by atoms with Crippen molar-refractivity contribution in [3.63, 3.8) is 0 Å². The zero-order chi connectivity index (χ0) is 16.8. The van der Waals surface area contributed by atoms with Crippen LogP contribution in [-0.4, -0.2) is 35.3 Å². The van der Waals surface area contributed by atoms with Crippen molar-refractivity contribution >= 4 is 23.2 Å². The minimum atomic E-state index is -0.245. The fraction of sp³-hybridized carbons (Fsp3) is 0.353. The minimum absolute atomic E-state index is 0.00426. The van der Waals surface area contributed by atoms with Crippen LogP contribution in [0.15, 0.2) is 36.7 Å². The molecule has 122 valence electrons. The topological polar surface area (TPSA) is 62.3 Å². The summed E-state index contributed by atoms with van der Waals surface area (Å²) in [6, 6.07) is 7.70. The maximum absolute atomic E-state index is 12.2. The Hall–Kier alpha value is -2.21. The maximum Gasteiger partial charge on any atom is 0.242 e. The van der Waals surface area contributed by atoms with Crippen LogP contribution in [0.4, 0.5) is 0 Å². The molecule has 0 fully saturated rings. The molecule has 0 aliphatic carbocycles. The first kappa shape index (κ1) is 17.1. The molecular formula is C17H21N3O2S. The van der Waals surface area contributed by atoms with Gasteiger partial charge in [0.2, 0.25) is 11.8 Å². The van der Waals surface area contributed by atoms with E-state index in [4.69, 9.17) is 0 Å². The van der Waals surface area contributed by atoms with Gasteiger partial charge in [-0.1, -0.05) is 6.07 Å². The first-order valence-corrected chi connectivity index (χ1v) is 8.26. The average Bonchev–Trinajstić information content (AvgIpc) is 2.98. The largest absolute Gasteiger partial charge is 0.346 e. The van der Waals surface area contributed by atoms with Gasteiger partial charge in [0.05, 0.1) is 12.5 Å². The summed E-state index contributed by atoms with van der Waals surface area (Å²) in [5.74, 6) is -0.503. The Morgan fingerprint density at radius 1 is 1.35 bits per heavy atom. The fourth-order valence-electron chi connectivity index (χ4n) is 2.12. The van der Waals surface area contributed by atoms with E-state index in [1.807, 2.05) is 38.1 Å². The summed E-state index contributed by atoms with van der Waals surface area (Å²) in [7, 11) is 1.72. The highest BCUT2D eigenvalue weighted by Gasteiger charge is 2.18. The zero-order valence-corrected chi connectivity index (χ0v) is 14.4. The molecule has 23 heavy (non-hydrogen) atoms. The molecule has 0 saturated heterocycles. The third kappa shape index (κ3) is 4.89. The van der Waals surface area contributed by atoms with Crippen LogP contribution in [0.1, 0.15) is 28.2 Å². The van der Waals surface area contributed by atoms with Crippen LogP contribution in [0, 0.1) is 6.92 Å². The maximum atomic E-state index is 12.2. The van der Waals surface area contributed by atoms with Crippen LogP contribution < -0.4 is 5.32 Å². The molecule has 6 heteroatoms. The summed E-state index contributed by atoms with van der Waals surface area (Å²) in [5, 5.41) is 2.72. The number of carbonyl (C=O) groups excluding carboxylic acids is 2. The molecule has 0 radical (unpaired) electrons. The summed E-state index contributed by atoms with van der Waals surface area (Å²) in [4.78, 5) is 32.0. The number of carbonyl (C=O) groups is 2. The highest BCUT2D eigenvalue weighted by atomic mass is 32.1. The Labute approximate surface area is 140 Å². The van der Waals surface area contributed by atoms with Gasteiger partial charge >= 0.3 is 0 Å². The second kappa shape index (κ2) is 7.87. The third-order valence-electron chi connectivity index (χ3n) is 3.56. The predicted octanol–water partition coefficient (Wildman–Crippen LogP) is 2.33. The van der Waals surface area contributed by atoms with Crippen molar-refractivity contribution < 1.29 is 9.59 Å². The fourth-order valence-corrected chi connectivity index (χ4v) is 3.05. The van der Waals surface area contributed by atoms with Gasteiger partial charge in [-0.25, -0.2) is 0 Å². The summed E-state index contributed by atoms with van der Waals surface area (Å²) in [5.41, 5.74) is 0.956. The van der Waals surface area contributed by atoms with Crippen molar-refractivity contribution in [2.45, 2.75) is 26.3 Å². The molecule has 0 aromatic carbocycles. The van der Waals surface area contributed by atoms with E-state index in [2.05, 4.69) is 10.3 Å². The normalized spacial score (nSPS) is 11.8. The molecule has 1 N–H and O–H groups in total. The Kier molecular flexibility index (Phi) is 5.87. The van der Waals surface area contributed by atoms with Gasteiger partial charge in [0.1, 0.15) is 0 Å². The van der Waals surface area contributed by atoms with Crippen molar-refractivity contribution in [3.05, 3.63) is 52.0 Å². The predicted molar refractivity (Wildman–Crippen MR) is 91.2 cm³/mol. The van der Waals surface area contributed by atoms with E-state index in [0.717, 1.165) is 10.4 Å². The SMILES string of the molecule is Cc1ccc([C@@H](C)C(=O)NCC(=O)N(C)Cc2cccnc2)s1. The van der Waals surface area contributed by atoms with E-state index in [9.17, 15) is 9.59 Å². The van der Waals surface area contributed by atoms with Crippen molar-refractivity contribution in [3.8, 4) is 0 Å². The molecule has 0 saturated carbocycles. The smallest absolute Gasteiger partial charge is 0.242 e. The summed E-state index contributed by atoms with van der Waals surface area (Å²) < 4.78 is 0. The molecule has 2 heterocycles. The Bertz CT molecular complexity index is 669. The van der Waals surface area contributed by atoms with Crippen LogP contribution in [0.5, 0.6) is 0 Å². The number of pyridine rings is 1. The standard InChI is InChI=1S/C17H21N3O2S/c1-12-6-7-15(23-12)13(2)17(22)19-10-16(21)20(3)11-14-5-4-8-18-9-14/h4-9,13H,10-11H2,1-3H3,(H,19,22)/t13-/m1/s1. The summed E-state index contributed by atoms with van der Waals surface area (Å²) in [6.07, 6.45) is 3.42. The number of rotatable bonds is 6. The minimum Gasteiger partial charge on any atom is -0.346 e. The summed E-state index contributed by atoms with van der Waals surface area (Å²) >= 11 is 1.60. The molecule has 5 nitrogen and oxygen atoms in total. The van der Waals surface area contributed by atoms with E-state index in [0.29, 0.717) is 6.54 Å². The van der Waals surface area contributed by atoms with Crippen LogP contribution in [0.3, 0.4) is 0 Å². The van der Waals surface area contributed by atoms with Gasteiger partial charge in [0, 0.05) is 35.7 Å². The number of nitrogens with zero attached hydrogens (tertiary/aromatic N) is 2. The lowest BCUT2D eigenvalue weighted by Crippen LogP contribution is -2.39. The van der Waals surface area contributed by atoms with Crippen LogP contribution in [0.2, 0.25) is 0 Å². The van der Waals surface area contributed by atoms with Crippen LogP contribution >= 0.6 is 11.3 Å². The van der Waals surface area contributed by atoms with E-state index < -0.39 is 0 Å². The van der Waals surface area contributed by atoms with Gasteiger partial charge < -0.3 is 10.2 Å². The van der Waals surface area contributed by atoms with E-state index in [1.165, 1.54) is 4.88 Å². The average molecular weight is 331 g/mol. The third-order valence-corrected chi connectivity index (χ3v) is 4.75. The van der Waals surface area contributed by atoms with Gasteiger partial charge in [-0.05, 0) is 37.6 Å². The Morgan fingerprint density at radius 2 is 2.13 bits per heavy atom. The number of aryl methyl sites for hydroxylation is 1. The number of thiophene rings is 1. The number of hydrogen-bond acceptors (Lipinski definition) is 4. The second-order valence-corrected chi connectivity index (χ2v) is 6.82. The van der Waals surface area contributed by atoms with Gasteiger partial charge in [0.25, 0.3) is 0 Å². The molecule has 0 bridgehead atoms. The van der Waals surface area contributed by atoms with E-state index >= 15 is 0 Å². The van der Waals surface area contributed by atoms with Crippen LogP contribution in [-0.2, 0) is 16.1 Å². The lowest BCUT2D eigenvalue weighted by Gasteiger charge is -2.18. The zero-order valence-electron chi connectivity index (χ0n) is 13.6. The molecule has 0 aliphatic rings. The Balaban J connectivity index is 1.82. The lowest BCUT2D eigenvalue weighted by atomic mass is 10.1. The molecule has 2 aromatic rings. The van der Waals surface area contributed by atoms with Crippen molar-refractivity contribution in [2.75, 3.05) is 13.6 Å². The number of likely N-dealkylation sites (N-methyl/N-ethyl adjacent to an activating group) is 1. The monoisotopic (exact) mass is 331 g/mol. The molecule has 2 aromatic heterocycles. The molecule has 0 spiro atoms. The number of hydrogen-bond donors (Lipinski definition) is 1. The Morgan fingerprint density at radius 3 is 2.74 bits per heavy atom. The molecule has 2 rings (SSSR count). The van der Waals surface area contributed by atoms with Gasteiger partial charge in [0.15, 0.2) is 0 Å². The van der Waals surface area contributed by atoms with Gasteiger partial charge in [-0.2, -0.15) is 0 Å².